The normalized spacial score (nSPS) is 19.4. The van der Waals surface area contributed by atoms with E-state index in [1.807, 2.05) is 7.11 Å². The first kappa shape index (κ1) is 12.9. The molecule has 1 aliphatic heterocycles. The Morgan fingerprint density at radius 3 is 2.07 bits per heavy atom. The summed E-state index contributed by atoms with van der Waals surface area (Å²) in [6, 6.07) is 0.642. The average Bonchev–Trinajstić information content (AvgIpc) is 2.30. The Balaban J connectivity index is 2.66. The number of hydroxylamine groups is 3. The lowest BCUT2D eigenvalue weighted by Gasteiger charge is -2.42. The van der Waals surface area contributed by atoms with Gasteiger partial charge in [0.05, 0.1) is 20.3 Å². The second-order valence-electron chi connectivity index (χ2n) is 4.43. The molecule has 0 amide bonds. The first-order chi connectivity index (χ1) is 7.29. The van der Waals surface area contributed by atoms with E-state index < -0.39 is 0 Å². The number of quaternary nitrogens is 1. The van der Waals surface area contributed by atoms with E-state index in [-0.39, 0.29) is 0 Å². The van der Waals surface area contributed by atoms with E-state index in [0.29, 0.717) is 6.04 Å². The lowest BCUT2D eigenvalue weighted by Crippen LogP contribution is -2.57. The molecule has 0 unspecified atom stereocenters. The van der Waals surface area contributed by atoms with Crippen molar-refractivity contribution in [3.63, 3.8) is 0 Å². The second kappa shape index (κ2) is 6.46. The third-order valence-corrected chi connectivity index (χ3v) is 3.42. The number of hydrogen-bond acceptors (Lipinski definition) is 2. The van der Waals surface area contributed by atoms with Gasteiger partial charge in [-0.2, -0.15) is 4.65 Å². The van der Waals surface area contributed by atoms with Crippen LogP contribution in [0.25, 0.3) is 0 Å². The fourth-order valence-electron chi connectivity index (χ4n) is 2.72. The van der Waals surface area contributed by atoms with Crippen molar-refractivity contribution in [2.45, 2.75) is 45.6 Å². The van der Waals surface area contributed by atoms with E-state index in [1.54, 1.807) is 0 Å². The highest BCUT2D eigenvalue weighted by atomic mass is 16.7. The molecule has 0 saturated carbocycles. The number of rotatable bonds is 6. The molecule has 15 heavy (non-hydrogen) atoms. The van der Waals surface area contributed by atoms with E-state index in [9.17, 15) is 0 Å². The minimum Gasteiger partial charge on any atom is -0.381 e. The predicted octanol–water partition coefficient (Wildman–Crippen LogP) is 2.36. The first-order valence-corrected chi connectivity index (χ1v) is 6.29. The Hall–Kier alpha value is -0.120. The Morgan fingerprint density at radius 2 is 1.67 bits per heavy atom. The van der Waals surface area contributed by atoms with Crippen molar-refractivity contribution in [1.29, 1.82) is 0 Å². The molecule has 90 valence electrons. The quantitative estimate of drug-likeness (QED) is 0.501. The van der Waals surface area contributed by atoms with Gasteiger partial charge in [-0.3, -0.25) is 0 Å². The van der Waals surface area contributed by atoms with E-state index >= 15 is 0 Å². The van der Waals surface area contributed by atoms with Gasteiger partial charge in [0.25, 0.3) is 0 Å². The van der Waals surface area contributed by atoms with Crippen LogP contribution in [0.2, 0.25) is 0 Å². The zero-order valence-corrected chi connectivity index (χ0v) is 10.5. The molecule has 3 nitrogen and oxygen atoms in total. The monoisotopic (exact) mass is 216 g/mol. The maximum Gasteiger partial charge on any atom is 0.123 e. The van der Waals surface area contributed by atoms with Gasteiger partial charge in [-0.1, -0.05) is 13.8 Å². The molecule has 1 saturated heterocycles. The molecule has 0 bridgehead atoms. The zero-order valence-electron chi connectivity index (χ0n) is 10.5. The van der Waals surface area contributed by atoms with Crippen molar-refractivity contribution in [2.24, 2.45) is 0 Å². The van der Waals surface area contributed by atoms with Crippen LogP contribution in [0.5, 0.6) is 0 Å². The van der Waals surface area contributed by atoms with Gasteiger partial charge in [-0.25, -0.2) is 4.84 Å². The van der Waals surface area contributed by atoms with Gasteiger partial charge < -0.3 is 4.74 Å². The molecule has 0 aromatic carbocycles. The van der Waals surface area contributed by atoms with Gasteiger partial charge in [-0.15, -0.1) is 0 Å². The summed E-state index contributed by atoms with van der Waals surface area (Å²) in [6.45, 7) is 8.55. The minimum atomic E-state index is 0.642. The molecule has 1 heterocycles. The van der Waals surface area contributed by atoms with Crippen molar-refractivity contribution in [3.8, 4) is 0 Å². The fourth-order valence-corrected chi connectivity index (χ4v) is 2.72. The molecule has 1 fully saturated rings. The summed E-state index contributed by atoms with van der Waals surface area (Å²) in [6.07, 6.45) is 4.66. The lowest BCUT2D eigenvalue weighted by molar-refractivity contribution is -1.12. The van der Waals surface area contributed by atoms with Crippen molar-refractivity contribution in [1.82, 2.24) is 0 Å². The predicted molar refractivity (Wildman–Crippen MR) is 61.4 cm³/mol. The van der Waals surface area contributed by atoms with Gasteiger partial charge >= 0.3 is 0 Å². The van der Waals surface area contributed by atoms with Crippen LogP contribution in [0.4, 0.5) is 0 Å². The number of ether oxygens (including phenoxy) is 1. The highest BCUT2D eigenvalue weighted by Gasteiger charge is 2.37. The standard InChI is InChI=1S/C12H26NO2/c1-4-8-13(14-3,9-5-2)12-6-10-15-11-7-12/h12H,4-11H2,1-3H3/q+1. The van der Waals surface area contributed by atoms with Crippen LogP contribution in [0.15, 0.2) is 0 Å². The van der Waals surface area contributed by atoms with Gasteiger partial charge in [0, 0.05) is 12.8 Å². The largest absolute Gasteiger partial charge is 0.381 e. The van der Waals surface area contributed by atoms with Crippen molar-refractivity contribution >= 4 is 0 Å². The van der Waals surface area contributed by atoms with Crippen LogP contribution in [0, 0.1) is 0 Å². The van der Waals surface area contributed by atoms with Gasteiger partial charge in [-0.05, 0) is 12.8 Å². The third-order valence-electron chi connectivity index (χ3n) is 3.42. The molecule has 0 aromatic rings. The highest BCUT2D eigenvalue weighted by Crippen LogP contribution is 2.24. The van der Waals surface area contributed by atoms with Crippen LogP contribution in [-0.4, -0.2) is 44.1 Å². The topological polar surface area (TPSA) is 18.5 Å². The number of nitrogens with zero attached hydrogens (tertiary/aromatic N) is 1. The van der Waals surface area contributed by atoms with Gasteiger partial charge in [0.1, 0.15) is 19.1 Å². The maximum absolute atomic E-state index is 5.84. The van der Waals surface area contributed by atoms with Gasteiger partial charge in [0.15, 0.2) is 0 Å². The smallest absolute Gasteiger partial charge is 0.123 e. The lowest BCUT2D eigenvalue weighted by atomic mass is 10.1. The SMILES string of the molecule is CCC[N+](CCC)(OC)C1CCOCC1. The van der Waals surface area contributed by atoms with E-state index in [0.717, 1.165) is 43.8 Å². The molecule has 1 rings (SSSR count). The van der Waals surface area contributed by atoms with Crippen LogP contribution in [0.1, 0.15) is 39.5 Å². The van der Waals surface area contributed by atoms with Crippen LogP contribution >= 0.6 is 0 Å². The summed E-state index contributed by atoms with van der Waals surface area (Å²) in [7, 11) is 1.86. The Kier molecular flexibility index (Phi) is 5.58. The summed E-state index contributed by atoms with van der Waals surface area (Å²) in [5.41, 5.74) is 0. The van der Waals surface area contributed by atoms with Crippen LogP contribution < -0.4 is 0 Å². The summed E-state index contributed by atoms with van der Waals surface area (Å²) in [4.78, 5) is 5.84. The maximum atomic E-state index is 5.84. The minimum absolute atomic E-state index is 0.642. The molecule has 0 radical (unpaired) electrons. The molecule has 0 spiro atoms. The average molecular weight is 216 g/mol. The summed E-state index contributed by atoms with van der Waals surface area (Å²) < 4.78 is 6.27. The van der Waals surface area contributed by atoms with Gasteiger partial charge in [0.2, 0.25) is 0 Å². The highest BCUT2D eigenvalue weighted by molar-refractivity contribution is 4.63. The first-order valence-electron chi connectivity index (χ1n) is 6.29. The summed E-state index contributed by atoms with van der Waals surface area (Å²) in [5.74, 6) is 0. The molecular weight excluding hydrogens is 190 g/mol. The fraction of sp³-hybridized carbons (Fsp3) is 1.00. The Labute approximate surface area is 93.9 Å². The molecule has 1 aliphatic rings. The van der Waals surface area contributed by atoms with E-state index in [1.165, 1.54) is 12.8 Å². The zero-order chi connectivity index (χ0) is 11.1. The molecule has 0 aromatic heterocycles. The van der Waals surface area contributed by atoms with Crippen molar-refractivity contribution < 1.29 is 14.2 Å². The summed E-state index contributed by atoms with van der Waals surface area (Å²) in [5, 5.41) is 0. The van der Waals surface area contributed by atoms with E-state index in [2.05, 4.69) is 13.8 Å². The van der Waals surface area contributed by atoms with E-state index in [4.69, 9.17) is 9.57 Å². The number of hydrogen-bond donors (Lipinski definition) is 0. The second-order valence-corrected chi connectivity index (χ2v) is 4.43. The van der Waals surface area contributed by atoms with Crippen molar-refractivity contribution in [3.05, 3.63) is 0 Å². The summed E-state index contributed by atoms with van der Waals surface area (Å²) >= 11 is 0. The third kappa shape index (κ3) is 3.16. The van der Waals surface area contributed by atoms with Crippen molar-refractivity contribution in [2.75, 3.05) is 33.4 Å². The molecule has 0 atom stereocenters. The Bertz CT molecular complexity index is 161. The Morgan fingerprint density at radius 1 is 1.13 bits per heavy atom. The molecule has 3 heteroatoms. The molecule has 0 N–H and O–H groups in total. The van der Waals surface area contributed by atoms with Crippen LogP contribution in [0.3, 0.4) is 0 Å². The molecular formula is C12H26NO2+. The van der Waals surface area contributed by atoms with Crippen LogP contribution in [-0.2, 0) is 9.57 Å². The molecule has 0 aliphatic carbocycles.